The predicted molar refractivity (Wildman–Crippen MR) is 112 cm³/mol. The molecule has 1 aliphatic heterocycles. The van der Waals surface area contributed by atoms with E-state index in [0.717, 1.165) is 25.9 Å². The number of hydrogen-bond donors (Lipinski definition) is 3. The largest absolute Gasteiger partial charge is 0.419 e. The molecule has 11 heteroatoms. The third kappa shape index (κ3) is 4.28. The molecule has 2 aromatic heterocycles. The first-order valence-corrected chi connectivity index (χ1v) is 10.0. The van der Waals surface area contributed by atoms with E-state index in [9.17, 15) is 18.0 Å². The number of pyridine rings is 1. The van der Waals surface area contributed by atoms with Gasteiger partial charge >= 0.3 is 12.1 Å². The van der Waals surface area contributed by atoms with Gasteiger partial charge in [0.05, 0.1) is 28.8 Å². The predicted octanol–water partition coefficient (Wildman–Crippen LogP) is 2.89. The minimum absolute atomic E-state index is 0.0348. The molecule has 0 spiro atoms. The second-order valence-corrected chi connectivity index (χ2v) is 7.49. The number of nitrogens with one attached hydrogen (secondary N) is 3. The summed E-state index contributed by atoms with van der Waals surface area (Å²) in [5.41, 5.74) is 1.46. The number of ether oxygens (including phenoxy) is 1. The molecular formula is C21H21F3N6O2. The highest BCUT2D eigenvalue weighted by Crippen LogP contribution is 2.24. The van der Waals surface area contributed by atoms with Gasteiger partial charge in [0.25, 0.3) is 5.90 Å². The van der Waals surface area contributed by atoms with Gasteiger partial charge in [-0.1, -0.05) is 0 Å². The van der Waals surface area contributed by atoms with Crippen molar-refractivity contribution in [3.8, 4) is 0 Å². The molecule has 0 aliphatic carbocycles. The number of rotatable bonds is 5. The van der Waals surface area contributed by atoms with Crippen LogP contribution in [0.25, 0.3) is 11.0 Å². The van der Waals surface area contributed by atoms with Crippen molar-refractivity contribution >= 4 is 22.8 Å². The van der Waals surface area contributed by atoms with E-state index in [4.69, 9.17) is 10.8 Å². The number of nitrogens with zero attached hydrogens (tertiary/aromatic N) is 3. The summed E-state index contributed by atoms with van der Waals surface area (Å²) in [5, 5.41) is 18.0. The first-order chi connectivity index (χ1) is 15.3. The zero-order valence-corrected chi connectivity index (χ0v) is 16.9. The third-order valence-corrected chi connectivity index (χ3v) is 5.42. The Kier molecular flexibility index (Phi) is 6.08. The maximum Gasteiger partial charge on any atom is 0.329 e. The van der Waals surface area contributed by atoms with Crippen molar-refractivity contribution in [3.63, 3.8) is 0 Å². The molecule has 0 amide bonds. The van der Waals surface area contributed by atoms with Gasteiger partial charge in [-0.3, -0.25) is 24.9 Å². The number of piperidine rings is 1. The van der Waals surface area contributed by atoms with Crippen LogP contribution in [0.1, 0.15) is 30.1 Å². The fraction of sp³-hybridized carbons (Fsp3) is 0.333. The van der Waals surface area contributed by atoms with Crippen LogP contribution in [0.5, 0.6) is 0 Å². The average molecular weight is 446 g/mol. The van der Waals surface area contributed by atoms with Gasteiger partial charge in [0.1, 0.15) is 5.82 Å². The van der Waals surface area contributed by atoms with Gasteiger partial charge in [0.2, 0.25) is 5.90 Å². The van der Waals surface area contributed by atoms with E-state index in [1.54, 1.807) is 16.7 Å². The third-order valence-electron chi connectivity index (χ3n) is 5.42. The van der Waals surface area contributed by atoms with Crippen LogP contribution in [0.4, 0.5) is 13.2 Å². The van der Waals surface area contributed by atoms with Crippen molar-refractivity contribution in [3.05, 3.63) is 64.1 Å². The van der Waals surface area contributed by atoms with Gasteiger partial charge in [-0.15, -0.1) is 0 Å². The van der Waals surface area contributed by atoms with Crippen molar-refractivity contribution < 1.29 is 17.9 Å². The fourth-order valence-corrected chi connectivity index (χ4v) is 3.85. The molecule has 168 valence electrons. The maximum absolute atomic E-state index is 14.0. The lowest BCUT2D eigenvalue weighted by Crippen LogP contribution is -2.35. The molecule has 1 aliphatic rings. The highest BCUT2D eigenvalue weighted by atomic mass is 19.3. The molecule has 3 aromatic rings. The van der Waals surface area contributed by atoms with Crippen molar-refractivity contribution in [1.29, 1.82) is 10.8 Å². The van der Waals surface area contributed by atoms with Gasteiger partial charge in [-0.2, -0.15) is 8.78 Å². The first-order valence-electron chi connectivity index (χ1n) is 10.0. The minimum atomic E-state index is -3.11. The molecule has 0 atom stereocenters. The zero-order chi connectivity index (χ0) is 22.8. The van der Waals surface area contributed by atoms with Gasteiger partial charge in [-0.05, 0) is 56.3 Å². The summed E-state index contributed by atoms with van der Waals surface area (Å²) >= 11 is 0. The second-order valence-electron chi connectivity index (χ2n) is 7.49. The van der Waals surface area contributed by atoms with Crippen LogP contribution in [0, 0.1) is 16.6 Å². The molecule has 32 heavy (non-hydrogen) atoms. The molecule has 1 saturated heterocycles. The monoisotopic (exact) mass is 446 g/mol. The van der Waals surface area contributed by atoms with E-state index in [-0.39, 0.29) is 23.8 Å². The topological polar surface area (TPSA) is 109 Å². The van der Waals surface area contributed by atoms with Crippen LogP contribution >= 0.6 is 0 Å². The number of fused-ring (bicyclic) bond motifs is 1. The Morgan fingerprint density at radius 3 is 2.59 bits per heavy atom. The molecule has 3 N–H and O–H groups in total. The van der Waals surface area contributed by atoms with E-state index in [1.165, 1.54) is 29.0 Å². The van der Waals surface area contributed by atoms with E-state index >= 15 is 0 Å². The van der Waals surface area contributed by atoms with Gasteiger partial charge < -0.3 is 10.1 Å². The summed E-state index contributed by atoms with van der Waals surface area (Å²) in [7, 11) is 0. The Labute approximate surface area is 180 Å². The average Bonchev–Trinajstić information content (AvgIpc) is 3.05. The molecule has 4 rings (SSSR count). The van der Waals surface area contributed by atoms with Crippen molar-refractivity contribution in [2.45, 2.75) is 31.9 Å². The summed E-state index contributed by atoms with van der Waals surface area (Å²) < 4.78 is 46.5. The van der Waals surface area contributed by atoms with E-state index in [0.29, 0.717) is 16.7 Å². The van der Waals surface area contributed by atoms with Crippen molar-refractivity contribution in [2.75, 3.05) is 13.1 Å². The smallest absolute Gasteiger partial charge is 0.329 e. The number of imidazole rings is 1. The highest BCUT2D eigenvalue weighted by molar-refractivity contribution is 5.99. The fourth-order valence-electron chi connectivity index (χ4n) is 3.85. The highest BCUT2D eigenvalue weighted by Gasteiger charge is 2.23. The van der Waals surface area contributed by atoms with Gasteiger partial charge in [0, 0.05) is 12.2 Å². The van der Waals surface area contributed by atoms with E-state index in [1.807, 2.05) is 0 Å². The molecule has 8 nitrogen and oxygen atoms in total. The van der Waals surface area contributed by atoms with Crippen LogP contribution in [0.15, 0.2) is 41.3 Å². The zero-order valence-electron chi connectivity index (χ0n) is 16.9. The summed E-state index contributed by atoms with van der Waals surface area (Å²) in [5.74, 6) is -2.36. The molecule has 0 unspecified atom stereocenters. The number of benzene rings is 1. The van der Waals surface area contributed by atoms with Gasteiger partial charge in [-0.25, -0.2) is 9.18 Å². The van der Waals surface area contributed by atoms with Crippen LogP contribution in [-0.4, -0.2) is 45.4 Å². The summed E-state index contributed by atoms with van der Waals surface area (Å²) in [4.78, 5) is 17.5. The van der Waals surface area contributed by atoms with Gasteiger partial charge in [0.15, 0.2) is 0 Å². The Bertz CT molecular complexity index is 1210. The molecule has 1 aromatic carbocycles. The van der Waals surface area contributed by atoms with Crippen molar-refractivity contribution in [2.24, 2.45) is 0 Å². The standard InChI is InChI=1S/C21H21F3N6O2/c22-13-2-4-16-17(9-13)30(15-5-7-27-8-6-15)21(31)29(16)11-14-3-1-12(10-28-14)19(25)32-20(26)18(23)24/h1-4,9-10,15,18,25-27H,5-8,11H2. The molecule has 1 fully saturated rings. The quantitative estimate of drug-likeness (QED) is 0.414. The normalized spacial score (nSPS) is 14.8. The molecule has 0 saturated carbocycles. The number of halogens is 3. The van der Waals surface area contributed by atoms with E-state index in [2.05, 4.69) is 15.0 Å². The number of hydrogen-bond acceptors (Lipinski definition) is 6. The molecule has 0 bridgehead atoms. The Morgan fingerprint density at radius 1 is 1.19 bits per heavy atom. The Morgan fingerprint density at radius 2 is 1.94 bits per heavy atom. The van der Waals surface area contributed by atoms with Crippen LogP contribution in [0.2, 0.25) is 0 Å². The number of aromatic nitrogens is 3. The summed E-state index contributed by atoms with van der Waals surface area (Å²) in [6.07, 6.45) is -0.333. The summed E-state index contributed by atoms with van der Waals surface area (Å²) in [6, 6.07) is 7.19. The maximum atomic E-state index is 14.0. The first kappa shape index (κ1) is 21.8. The number of alkyl halides is 2. The van der Waals surface area contributed by atoms with E-state index < -0.39 is 24.0 Å². The lowest BCUT2D eigenvalue weighted by Gasteiger charge is -2.23. The van der Waals surface area contributed by atoms with Crippen LogP contribution < -0.4 is 11.0 Å². The van der Waals surface area contributed by atoms with Crippen LogP contribution in [0.3, 0.4) is 0 Å². The lowest BCUT2D eigenvalue weighted by molar-refractivity contribution is 0.197. The molecule has 0 radical (unpaired) electrons. The van der Waals surface area contributed by atoms with Crippen molar-refractivity contribution in [1.82, 2.24) is 19.4 Å². The SMILES string of the molecule is N=C(OC(=N)C(F)F)c1ccc(Cn2c(=O)n(C3CCNCC3)c3cc(F)ccc32)nc1. The Hall–Kier alpha value is -3.47. The summed E-state index contributed by atoms with van der Waals surface area (Å²) in [6.45, 7) is 1.67. The van der Waals surface area contributed by atoms with Crippen LogP contribution in [-0.2, 0) is 11.3 Å². The Balaban J connectivity index is 1.63. The minimum Gasteiger partial charge on any atom is -0.419 e. The molecular weight excluding hydrogens is 425 g/mol. The second kappa shape index (κ2) is 8.95. The molecule has 3 heterocycles. The lowest BCUT2D eigenvalue weighted by atomic mass is 10.1.